The smallest absolute Gasteiger partial charge is 0.340 e. The lowest BCUT2D eigenvalue weighted by Gasteiger charge is -2.20. The Morgan fingerprint density at radius 1 is 1.37 bits per heavy atom. The second-order valence-electron chi connectivity index (χ2n) is 5.75. The molecule has 0 bridgehead atoms. The molecule has 144 valence electrons. The van der Waals surface area contributed by atoms with Gasteiger partial charge in [0.2, 0.25) is 6.23 Å². The lowest BCUT2D eigenvalue weighted by molar-refractivity contribution is 0.0327. The lowest BCUT2D eigenvalue weighted by atomic mass is 10.2. The minimum Gasteiger partial charge on any atom is -0.435 e. The summed E-state index contributed by atoms with van der Waals surface area (Å²) < 4.78 is 29.0. The van der Waals surface area contributed by atoms with Gasteiger partial charge in [0.05, 0.1) is 18.3 Å². The van der Waals surface area contributed by atoms with Crippen molar-refractivity contribution in [3.8, 4) is 0 Å². The molecule has 1 aromatic heterocycles. The van der Waals surface area contributed by atoms with Gasteiger partial charge in [0.25, 0.3) is 0 Å². The maximum atomic E-state index is 12.7. The van der Waals surface area contributed by atoms with Crippen LogP contribution in [0.1, 0.15) is 10.4 Å². The third-order valence-electron chi connectivity index (χ3n) is 3.79. The van der Waals surface area contributed by atoms with Crippen molar-refractivity contribution in [2.24, 2.45) is 0 Å². The molecule has 2 amide bonds. The quantitative estimate of drug-likeness (QED) is 0.471. The highest BCUT2D eigenvalue weighted by atomic mass is 79.9. The molecule has 1 aliphatic heterocycles. The van der Waals surface area contributed by atoms with Gasteiger partial charge in [-0.25, -0.2) is 27.9 Å². The first kappa shape index (κ1) is 19.8. The first-order chi connectivity index (χ1) is 12.8. The lowest BCUT2D eigenvalue weighted by Crippen LogP contribution is -2.37. The number of sulfone groups is 1. The zero-order chi connectivity index (χ0) is 19.6. The summed E-state index contributed by atoms with van der Waals surface area (Å²) in [7, 11) is -3.45. The van der Waals surface area contributed by atoms with E-state index in [0.29, 0.717) is 17.4 Å². The Bertz CT molecular complexity index is 948. The number of hydrogen-bond acceptors (Lipinski definition) is 7. The number of ether oxygens (including phenoxy) is 1. The largest absolute Gasteiger partial charge is 0.435 e. The van der Waals surface area contributed by atoms with Crippen LogP contribution in [0.4, 0.5) is 9.93 Å². The molecule has 27 heavy (non-hydrogen) atoms. The molecule has 2 aromatic rings. The number of thiazole rings is 1. The van der Waals surface area contributed by atoms with Crippen molar-refractivity contribution in [2.75, 3.05) is 29.6 Å². The van der Waals surface area contributed by atoms with E-state index in [1.54, 1.807) is 30.3 Å². The van der Waals surface area contributed by atoms with Crippen LogP contribution in [0.15, 0.2) is 40.7 Å². The van der Waals surface area contributed by atoms with Crippen molar-refractivity contribution >= 4 is 54.2 Å². The van der Waals surface area contributed by atoms with Crippen LogP contribution in [-0.4, -0.2) is 61.2 Å². The Balaban J connectivity index is 1.89. The number of urea groups is 1. The first-order valence-electron chi connectivity index (χ1n) is 7.87. The molecular formula is C16H16BrN3O5S2. The zero-order valence-electron chi connectivity index (χ0n) is 14.2. The normalized spacial score (nSPS) is 17.4. The number of rotatable bonds is 6. The molecule has 1 unspecified atom stereocenters. The van der Waals surface area contributed by atoms with E-state index >= 15 is 0 Å². The van der Waals surface area contributed by atoms with Crippen LogP contribution in [-0.2, 0) is 14.6 Å². The summed E-state index contributed by atoms with van der Waals surface area (Å²) in [5.74, 6) is -0.570. The standard InChI is InChI=1S/C16H16BrN3O5S2/c1-27(23,24)13-9-18-15(26-13)20-12(10-19(8-7-17)16(20)22)25-14(21)11-5-3-2-4-6-11/h2-6,9,12H,7-8,10H2,1H3. The number of aromatic nitrogens is 1. The van der Waals surface area contributed by atoms with Gasteiger partial charge in [0.15, 0.2) is 15.0 Å². The van der Waals surface area contributed by atoms with Crippen LogP contribution < -0.4 is 4.90 Å². The van der Waals surface area contributed by atoms with Crippen LogP contribution in [0.5, 0.6) is 0 Å². The minimum atomic E-state index is -3.45. The Morgan fingerprint density at radius 3 is 2.67 bits per heavy atom. The molecule has 1 atom stereocenters. The fourth-order valence-corrected chi connectivity index (χ4v) is 4.69. The summed E-state index contributed by atoms with van der Waals surface area (Å²) in [5.41, 5.74) is 0.361. The number of carbonyl (C=O) groups is 2. The van der Waals surface area contributed by atoms with Gasteiger partial charge in [-0.05, 0) is 12.1 Å². The molecule has 3 rings (SSSR count). The van der Waals surface area contributed by atoms with E-state index in [1.807, 2.05) is 0 Å². The number of amides is 2. The SMILES string of the molecule is CS(=O)(=O)c1cnc(N2C(=O)N(CCBr)CC2OC(=O)c2ccccc2)s1. The average molecular weight is 474 g/mol. The van der Waals surface area contributed by atoms with E-state index in [-0.39, 0.29) is 15.9 Å². The van der Waals surface area contributed by atoms with Crippen LogP contribution in [0.3, 0.4) is 0 Å². The number of carbonyl (C=O) groups excluding carboxylic acids is 2. The third-order valence-corrected chi connectivity index (χ3v) is 6.93. The monoisotopic (exact) mass is 473 g/mol. The molecule has 1 aromatic carbocycles. The zero-order valence-corrected chi connectivity index (χ0v) is 17.5. The van der Waals surface area contributed by atoms with Gasteiger partial charge in [-0.3, -0.25) is 0 Å². The minimum absolute atomic E-state index is 0.0392. The number of benzene rings is 1. The molecule has 1 fully saturated rings. The van der Waals surface area contributed by atoms with Crippen molar-refractivity contribution in [1.29, 1.82) is 0 Å². The third kappa shape index (κ3) is 4.30. The number of hydrogen-bond donors (Lipinski definition) is 0. The number of nitrogens with zero attached hydrogens (tertiary/aromatic N) is 3. The molecule has 1 aliphatic rings. The molecule has 0 N–H and O–H groups in total. The second kappa shape index (κ2) is 7.95. The fourth-order valence-electron chi connectivity index (χ4n) is 2.51. The maximum absolute atomic E-state index is 12.7. The molecule has 0 saturated carbocycles. The van der Waals surface area contributed by atoms with Gasteiger partial charge in [-0.15, -0.1) is 0 Å². The number of esters is 1. The van der Waals surface area contributed by atoms with Crippen LogP contribution in [0.2, 0.25) is 0 Å². The van der Waals surface area contributed by atoms with Crippen LogP contribution in [0.25, 0.3) is 0 Å². The highest BCUT2D eigenvalue weighted by Gasteiger charge is 2.42. The van der Waals surface area contributed by atoms with E-state index in [0.717, 1.165) is 17.6 Å². The van der Waals surface area contributed by atoms with E-state index in [2.05, 4.69) is 20.9 Å². The highest BCUT2D eigenvalue weighted by Crippen LogP contribution is 2.32. The van der Waals surface area contributed by atoms with E-state index in [1.165, 1.54) is 16.0 Å². The maximum Gasteiger partial charge on any atom is 0.340 e. The van der Waals surface area contributed by atoms with Gasteiger partial charge < -0.3 is 9.64 Å². The number of anilines is 1. The number of alkyl halides is 1. The van der Waals surface area contributed by atoms with Crippen molar-refractivity contribution in [3.05, 3.63) is 42.1 Å². The summed E-state index contributed by atoms with van der Waals surface area (Å²) in [6.07, 6.45) is 1.37. The number of halogens is 1. The van der Waals surface area contributed by atoms with Gasteiger partial charge >= 0.3 is 12.0 Å². The Labute approximate surface area is 168 Å². The summed E-state index contributed by atoms with van der Waals surface area (Å²) >= 11 is 4.15. The van der Waals surface area contributed by atoms with Gasteiger partial charge in [-0.1, -0.05) is 45.5 Å². The highest BCUT2D eigenvalue weighted by molar-refractivity contribution is 9.09. The Kier molecular flexibility index (Phi) is 5.82. The molecule has 8 nitrogen and oxygen atoms in total. The van der Waals surface area contributed by atoms with Crippen molar-refractivity contribution in [2.45, 2.75) is 10.4 Å². The van der Waals surface area contributed by atoms with E-state index < -0.39 is 28.1 Å². The Morgan fingerprint density at radius 2 is 2.07 bits per heavy atom. The summed E-state index contributed by atoms with van der Waals surface area (Å²) in [4.78, 5) is 31.9. The van der Waals surface area contributed by atoms with Gasteiger partial charge in [0.1, 0.15) is 4.21 Å². The molecular weight excluding hydrogens is 458 g/mol. The van der Waals surface area contributed by atoms with Gasteiger partial charge in [0, 0.05) is 18.1 Å². The topological polar surface area (TPSA) is 96.9 Å². The van der Waals surface area contributed by atoms with E-state index in [4.69, 9.17) is 4.74 Å². The first-order valence-corrected chi connectivity index (χ1v) is 11.7. The molecule has 0 radical (unpaired) electrons. The molecule has 0 spiro atoms. The predicted molar refractivity (Wildman–Crippen MR) is 104 cm³/mol. The molecule has 0 aliphatic carbocycles. The summed E-state index contributed by atoms with van der Waals surface area (Å²) in [6.45, 7) is 0.579. The molecule has 2 heterocycles. The fraction of sp³-hybridized carbons (Fsp3) is 0.312. The summed E-state index contributed by atoms with van der Waals surface area (Å²) in [5, 5.41) is 0.724. The van der Waals surface area contributed by atoms with E-state index in [9.17, 15) is 18.0 Å². The van der Waals surface area contributed by atoms with Gasteiger partial charge in [-0.2, -0.15) is 0 Å². The van der Waals surface area contributed by atoms with Crippen LogP contribution >= 0.6 is 27.3 Å². The van der Waals surface area contributed by atoms with Crippen molar-refractivity contribution in [3.63, 3.8) is 0 Å². The molecule has 1 saturated heterocycles. The molecule has 11 heteroatoms. The average Bonchev–Trinajstić information content (AvgIpc) is 3.21. The summed E-state index contributed by atoms with van der Waals surface area (Å²) in [6, 6.07) is 8.04. The Hall–Kier alpha value is -1.98. The van der Waals surface area contributed by atoms with Crippen molar-refractivity contribution in [1.82, 2.24) is 9.88 Å². The predicted octanol–water partition coefficient (Wildman–Crippen LogP) is 2.37. The van der Waals surface area contributed by atoms with Crippen LogP contribution in [0, 0.1) is 0 Å². The second-order valence-corrected chi connectivity index (χ2v) is 9.79. The van der Waals surface area contributed by atoms with Crippen molar-refractivity contribution < 1.29 is 22.7 Å².